The molecule has 0 aromatic heterocycles. The number of amides is 1. The summed E-state index contributed by atoms with van der Waals surface area (Å²) in [6.45, 7) is 3.52. The third kappa shape index (κ3) is 2.13. The van der Waals surface area contributed by atoms with Crippen LogP contribution in [0.15, 0.2) is 28.7 Å². The van der Waals surface area contributed by atoms with Crippen LogP contribution in [0.1, 0.15) is 18.9 Å². The monoisotopic (exact) mass is 282 g/mol. The van der Waals surface area contributed by atoms with Crippen molar-refractivity contribution >= 4 is 21.8 Å². The summed E-state index contributed by atoms with van der Waals surface area (Å²) in [4.78, 5) is 12.1. The van der Waals surface area contributed by atoms with Crippen molar-refractivity contribution in [3.8, 4) is 0 Å². The van der Waals surface area contributed by atoms with Crippen molar-refractivity contribution < 1.29 is 4.79 Å². The number of hydrogen-bond donors (Lipinski definition) is 2. The molecule has 16 heavy (non-hydrogen) atoms. The lowest BCUT2D eigenvalue weighted by atomic mass is 9.91. The van der Waals surface area contributed by atoms with Gasteiger partial charge in [0.2, 0.25) is 5.91 Å². The van der Waals surface area contributed by atoms with Crippen LogP contribution in [0.3, 0.4) is 0 Å². The lowest BCUT2D eigenvalue weighted by Gasteiger charge is -2.28. The molecule has 86 valence electrons. The Hall–Kier alpha value is -0.870. The minimum absolute atomic E-state index is 0.0445. The fraction of sp³-hybridized carbons (Fsp3) is 0.417. The van der Waals surface area contributed by atoms with Crippen LogP contribution < -0.4 is 10.6 Å². The van der Waals surface area contributed by atoms with Gasteiger partial charge in [-0.05, 0) is 37.6 Å². The second-order valence-corrected chi connectivity index (χ2v) is 5.09. The van der Waals surface area contributed by atoms with Gasteiger partial charge in [-0.3, -0.25) is 10.1 Å². The Morgan fingerprint density at radius 1 is 1.38 bits per heavy atom. The molecule has 0 bridgehead atoms. The number of carbonyl (C=O) groups excluding carboxylic acids is 1. The zero-order chi connectivity index (χ0) is 11.6. The molecule has 1 amide bonds. The molecule has 1 aliphatic rings. The average molecular weight is 283 g/mol. The third-order valence-electron chi connectivity index (χ3n) is 2.97. The summed E-state index contributed by atoms with van der Waals surface area (Å²) in [5.74, 6) is 0.0445. The Bertz CT molecular complexity index is 408. The second-order valence-electron chi connectivity index (χ2n) is 4.17. The highest BCUT2D eigenvalue weighted by Crippen LogP contribution is 2.25. The van der Waals surface area contributed by atoms with Crippen LogP contribution in [0.4, 0.5) is 0 Å². The molecule has 1 aromatic rings. The van der Waals surface area contributed by atoms with Gasteiger partial charge in [-0.2, -0.15) is 0 Å². The first-order valence-corrected chi connectivity index (χ1v) is 6.21. The van der Waals surface area contributed by atoms with Crippen LogP contribution in [0.2, 0.25) is 0 Å². The summed E-state index contributed by atoms with van der Waals surface area (Å²) < 4.78 is 0.991. The standard InChI is InChI=1S/C12H15BrN2O/c1-12(9-4-2-5-10(13)8-9)11(16)14-6-3-7-15-12/h2,4-5,8,15H,3,6-7H2,1H3,(H,14,16). The molecule has 0 radical (unpaired) electrons. The highest BCUT2D eigenvalue weighted by molar-refractivity contribution is 9.10. The van der Waals surface area contributed by atoms with E-state index in [0.717, 1.165) is 29.5 Å². The largest absolute Gasteiger partial charge is 0.354 e. The van der Waals surface area contributed by atoms with Crippen LogP contribution in [-0.2, 0) is 10.3 Å². The van der Waals surface area contributed by atoms with Gasteiger partial charge in [-0.25, -0.2) is 0 Å². The van der Waals surface area contributed by atoms with Gasteiger partial charge < -0.3 is 5.32 Å². The van der Waals surface area contributed by atoms with Gasteiger partial charge in [0.25, 0.3) is 0 Å². The molecule has 1 heterocycles. The van der Waals surface area contributed by atoms with E-state index in [2.05, 4.69) is 26.6 Å². The fourth-order valence-electron chi connectivity index (χ4n) is 1.92. The number of benzene rings is 1. The van der Waals surface area contributed by atoms with E-state index < -0.39 is 5.54 Å². The smallest absolute Gasteiger partial charge is 0.244 e. The average Bonchev–Trinajstić information content (AvgIpc) is 2.43. The van der Waals surface area contributed by atoms with Gasteiger partial charge in [0.1, 0.15) is 5.54 Å². The maximum absolute atomic E-state index is 12.1. The minimum atomic E-state index is -0.625. The van der Waals surface area contributed by atoms with E-state index >= 15 is 0 Å². The van der Waals surface area contributed by atoms with E-state index in [1.807, 2.05) is 31.2 Å². The molecule has 1 saturated heterocycles. The first-order chi connectivity index (χ1) is 7.63. The number of carbonyl (C=O) groups is 1. The van der Waals surface area contributed by atoms with E-state index in [4.69, 9.17) is 0 Å². The van der Waals surface area contributed by atoms with Gasteiger partial charge in [-0.1, -0.05) is 28.1 Å². The predicted molar refractivity (Wildman–Crippen MR) is 67.1 cm³/mol. The van der Waals surface area contributed by atoms with Crippen LogP contribution in [-0.4, -0.2) is 19.0 Å². The molecule has 1 fully saturated rings. The van der Waals surface area contributed by atoms with Gasteiger partial charge in [0.15, 0.2) is 0 Å². The van der Waals surface area contributed by atoms with E-state index in [1.165, 1.54) is 0 Å². The lowest BCUT2D eigenvalue weighted by Crippen LogP contribution is -2.49. The molecule has 4 heteroatoms. The maximum Gasteiger partial charge on any atom is 0.244 e. The summed E-state index contributed by atoms with van der Waals surface area (Å²) in [5.41, 5.74) is 0.363. The van der Waals surface area contributed by atoms with Gasteiger partial charge in [0, 0.05) is 11.0 Å². The van der Waals surface area contributed by atoms with Crippen molar-refractivity contribution in [1.29, 1.82) is 0 Å². The summed E-state index contributed by atoms with van der Waals surface area (Å²) in [6.07, 6.45) is 0.968. The summed E-state index contributed by atoms with van der Waals surface area (Å²) in [6, 6.07) is 7.87. The number of nitrogens with one attached hydrogen (secondary N) is 2. The van der Waals surface area contributed by atoms with Crippen LogP contribution in [0, 0.1) is 0 Å². The van der Waals surface area contributed by atoms with Crippen LogP contribution in [0.25, 0.3) is 0 Å². The molecule has 2 rings (SSSR count). The predicted octanol–water partition coefficient (Wildman–Crippen LogP) is 1.77. The first kappa shape index (κ1) is 11.6. The summed E-state index contributed by atoms with van der Waals surface area (Å²) >= 11 is 3.43. The Morgan fingerprint density at radius 2 is 2.19 bits per heavy atom. The van der Waals surface area contributed by atoms with Crippen molar-refractivity contribution in [3.63, 3.8) is 0 Å². The number of halogens is 1. The molecule has 0 aliphatic carbocycles. The molecule has 0 spiro atoms. The maximum atomic E-state index is 12.1. The highest BCUT2D eigenvalue weighted by Gasteiger charge is 2.35. The molecule has 1 aromatic carbocycles. The van der Waals surface area contributed by atoms with E-state index in [0.29, 0.717) is 0 Å². The Kier molecular flexibility index (Phi) is 3.30. The highest BCUT2D eigenvalue weighted by atomic mass is 79.9. The van der Waals surface area contributed by atoms with Crippen molar-refractivity contribution in [2.24, 2.45) is 0 Å². The van der Waals surface area contributed by atoms with Gasteiger partial charge in [-0.15, -0.1) is 0 Å². The second kappa shape index (κ2) is 4.55. The third-order valence-corrected chi connectivity index (χ3v) is 3.47. The molecule has 1 aliphatic heterocycles. The first-order valence-electron chi connectivity index (χ1n) is 5.42. The SMILES string of the molecule is CC1(c2cccc(Br)c2)NCCCNC1=O. The Balaban J connectivity index is 2.38. The molecule has 1 atom stereocenters. The van der Waals surface area contributed by atoms with Crippen molar-refractivity contribution in [2.45, 2.75) is 18.9 Å². The topological polar surface area (TPSA) is 41.1 Å². The summed E-state index contributed by atoms with van der Waals surface area (Å²) in [7, 11) is 0. The Labute approximate surface area is 104 Å². The molecule has 1 unspecified atom stereocenters. The minimum Gasteiger partial charge on any atom is -0.354 e. The Morgan fingerprint density at radius 3 is 2.94 bits per heavy atom. The number of hydrogen-bond acceptors (Lipinski definition) is 2. The van der Waals surface area contributed by atoms with Gasteiger partial charge in [0.05, 0.1) is 0 Å². The van der Waals surface area contributed by atoms with Crippen molar-refractivity contribution in [1.82, 2.24) is 10.6 Å². The molecule has 2 N–H and O–H groups in total. The normalized spacial score (nSPS) is 26.0. The van der Waals surface area contributed by atoms with Crippen LogP contribution >= 0.6 is 15.9 Å². The molecular weight excluding hydrogens is 268 g/mol. The fourth-order valence-corrected chi connectivity index (χ4v) is 2.32. The van der Waals surface area contributed by atoms with Crippen molar-refractivity contribution in [2.75, 3.05) is 13.1 Å². The molecule has 0 saturated carbocycles. The summed E-state index contributed by atoms with van der Waals surface area (Å²) in [5, 5.41) is 6.25. The number of rotatable bonds is 1. The molecule has 3 nitrogen and oxygen atoms in total. The molecular formula is C12H15BrN2O. The van der Waals surface area contributed by atoms with Crippen molar-refractivity contribution in [3.05, 3.63) is 34.3 Å². The zero-order valence-corrected chi connectivity index (χ0v) is 10.8. The van der Waals surface area contributed by atoms with E-state index in [1.54, 1.807) is 0 Å². The lowest BCUT2D eigenvalue weighted by molar-refractivity contribution is -0.126. The zero-order valence-electron chi connectivity index (χ0n) is 9.22. The van der Waals surface area contributed by atoms with Crippen LogP contribution in [0.5, 0.6) is 0 Å². The van der Waals surface area contributed by atoms with E-state index in [-0.39, 0.29) is 5.91 Å². The quantitative estimate of drug-likeness (QED) is 0.824. The van der Waals surface area contributed by atoms with Gasteiger partial charge >= 0.3 is 0 Å². The van der Waals surface area contributed by atoms with E-state index in [9.17, 15) is 4.79 Å².